The van der Waals surface area contributed by atoms with Gasteiger partial charge in [-0.15, -0.1) is 0 Å². The van der Waals surface area contributed by atoms with Crippen molar-refractivity contribution in [1.82, 2.24) is 14.5 Å². The fraction of sp³-hybridized carbons (Fsp3) is 0.250. The molecule has 1 heterocycles. The van der Waals surface area contributed by atoms with Crippen LogP contribution in [-0.4, -0.2) is 40.6 Å². The molecule has 0 radical (unpaired) electrons. The predicted octanol–water partition coefficient (Wildman–Crippen LogP) is 1.62. The number of nitrogens with zero attached hydrogens (tertiary/aromatic N) is 2. The van der Waals surface area contributed by atoms with Crippen LogP contribution in [0.5, 0.6) is 5.75 Å². The van der Waals surface area contributed by atoms with E-state index in [1.165, 1.54) is 4.57 Å². The molecule has 1 amide bonds. The van der Waals surface area contributed by atoms with Crippen molar-refractivity contribution >= 4 is 16.8 Å². The van der Waals surface area contributed by atoms with Crippen molar-refractivity contribution in [3.05, 3.63) is 75.4 Å². The zero-order valence-electron chi connectivity index (χ0n) is 15.1. The van der Waals surface area contributed by atoms with Gasteiger partial charge in [-0.1, -0.05) is 30.3 Å². The van der Waals surface area contributed by atoms with Crippen molar-refractivity contribution in [2.75, 3.05) is 20.2 Å². The van der Waals surface area contributed by atoms with E-state index in [1.54, 1.807) is 36.2 Å². The number of fused-ring (bicyclic) bond motifs is 1. The van der Waals surface area contributed by atoms with Crippen LogP contribution in [0.3, 0.4) is 0 Å². The van der Waals surface area contributed by atoms with E-state index in [2.05, 4.69) is 4.98 Å². The SMILES string of the molecule is CN(CCOc1ccccc1)C(=O)CCn1c(=O)[nH]c(=O)c2ccccc21. The Balaban J connectivity index is 1.60. The summed E-state index contributed by atoms with van der Waals surface area (Å²) in [6.45, 7) is 1.02. The lowest BCUT2D eigenvalue weighted by molar-refractivity contribution is -0.130. The van der Waals surface area contributed by atoms with Crippen molar-refractivity contribution in [3.63, 3.8) is 0 Å². The first-order valence-electron chi connectivity index (χ1n) is 8.70. The minimum absolute atomic E-state index is 0.103. The number of para-hydroxylation sites is 2. The van der Waals surface area contributed by atoms with Crippen LogP contribution < -0.4 is 16.0 Å². The van der Waals surface area contributed by atoms with Crippen LogP contribution in [0.2, 0.25) is 0 Å². The molecule has 7 heteroatoms. The summed E-state index contributed by atoms with van der Waals surface area (Å²) in [5.74, 6) is 0.651. The van der Waals surface area contributed by atoms with E-state index in [0.717, 1.165) is 5.75 Å². The van der Waals surface area contributed by atoms with Crippen molar-refractivity contribution in [2.45, 2.75) is 13.0 Å². The topological polar surface area (TPSA) is 84.4 Å². The van der Waals surface area contributed by atoms with Gasteiger partial charge in [-0.05, 0) is 24.3 Å². The van der Waals surface area contributed by atoms with Crippen LogP contribution in [-0.2, 0) is 11.3 Å². The Bertz CT molecular complexity index is 1040. The number of carbonyl (C=O) groups is 1. The molecule has 0 spiro atoms. The molecule has 140 valence electrons. The number of nitrogens with one attached hydrogen (secondary N) is 1. The van der Waals surface area contributed by atoms with Crippen molar-refractivity contribution in [1.29, 1.82) is 0 Å². The Labute approximate surface area is 155 Å². The summed E-state index contributed by atoms with van der Waals surface area (Å²) < 4.78 is 7.01. The number of likely N-dealkylation sites (N-methyl/N-ethyl adjacent to an activating group) is 1. The van der Waals surface area contributed by atoms with E-state index in [9.17, 15) is 14.4 Å². The largest absolute Gasteiger partial charge is 0.492 e. The number of benzene rings is 2. The van der Waals surface area contributed by atoms with Gasteiger partial charge in [-0.3, -0.25) is 19.1 Å². The Morgan fingerprint density at radius 2 is 1.78 bits per heavy atom. The first kappa shape index (κ1) is 18.4. The highest BCUT2D eigenvalue weighted by molar-refractivity contribution is 5.78. The molecule has 3 aromatic rings. The number of aryl methyl sites for hydroxylation is 1. The monoisotopic (exact) mass is 367 g/mol. The van der Waals surface area contributed by atoms with Crippen LogP contribution in [0.15, 0.2) is 64.2 Å². The van der Waals surface area contributed by atoms with Gasteiger partial charge in [0.2, 0.25) is 5.91 Å². The van der Waals surface area contributed by atoms with Crippen molar-refractivity contribution in [2.24, 2.45) is 0 Å². The van der Waals surface area contributed by atoms with Crippen LogP contribution >= 0.6 is 0 Å². The number of ether oxygens (including phenoxy) is 1. The maximum atomic E-state index is 12.4. The van der Waals surface area contributed by atoms with Crippen LogP contribution in [0, 0.1) is 0 Å². The number of H-pyrrole nitrogens is 1. The minimum atomic E-state index is -0.512. The fourth-order valence-electron chi connectivity index (χ4n) is 2.80. The molecule has 0 aliphatic heterocycles. The smallest absolute Gasteiger partial charge is 0.328 e. The summed E-state index contributed by atoms with van der Waals surface area (Å²) in [5.41, 5.74) is -0.413. The zero-order chi connectivity index (χ0) is 19.2. The first-order chi connectivity index (χ1) is 13.1. The van der Waals surface area contributed by atoms with Crippen LogP contribution in [0.4, 0.5) is 0 Å². The average molecular weight is 367 g/mol. The number of carbonyl (C=O) groups excluding carboxylic acids is 1. The van der Waals surface area contributed by atoms with E-state index >= 15 is 0 Å². The Morgan fingerprint density at radius 1 is 1.07 bits per heavy atom. The number of hydrogen-bond donors (Lipinski definition) is 1. The zero-order valence-corrected chi connectivity index (χ0v) is 15.1. The quantitative estimate of drug-likeness (QED) is 0.688. The van der Waals surface area contributed by atoms with Crippen LogP contribution in [0.25, 0.3) is 10.9 Å². The standard InChI is InChI=1S/C20H21N3O4/c1-22(13-14-27-15-7-3-2-4-8-15)18(24)11-12-23-17-10-6-5-9-16(17)19(25)21-20(23)26/h2-10H,11-14H2,1H3,(H,21,25,26). The van der Waals surface area contributed by atoms with Gasteiger partial charge in [0.05, 0.1) is 17.4 Å². The summed E-state index contributed by atoms with van der Waals surface area (Å²) in [5, 5.41) is 0.425. The third kappa shape index (κ3) is 4.44. The lowest BCUT2D eigenvalue weighted by Crippen LogP contribution is -2.34. The van der Waals surface area contributed by atoms with Gasteiger partial charge in [-0.25, -0.2) is 4.79 Å². The molecule has 0 fully saturated rings. The molecule has 0 bridgehead atoms. The Hall–Kier alpha value is -3.35. The molecule has 0 saturated heterocycles. The molecule has 1 N–H and O–H groups in total. The molecular weight excluding hydrogens is 346 g/mol. The highest BCUT2D eigenvalue weighted by atomic mass is 16.5. The molecule has 27 heavy (non-hydrogen) atoms. The second-order valence-corrected chi connectivity index (χ2v) is 6.15. The first-order valence-corrected chi connectivity index (χ1v) is 8.70. The molecule has 0 atom stereocenters. The van der Waals surface area contributed by atoms with Gasteiger partial charge < -0.3 is 9.64 Å². The Kier molecular flexibility index (Phi) is 5.71. The second-order valence-electron chi connectivity index (χ2n) is 6.15. The van der Waals surface area contributed by atoms with Gasteiger partial charge in [0.15, 0.2) is 0 Å². The third-order valence-corrected chi connectivity index (χ3v) is 4.32. The molecule has 0 unspecified atom stereocenters. The summed E-state index contributed by atoms with van der Waals surface area (Å²) >= 11 is 0. The highest BCUT2D eigenvalue weighted by Gasteiger charge is 2.12. The number of aromatic nitrogens is 2. The molecule has 3 rings (SSSR count). The minimum Gasteiger partial charge on any atom is -0.492 e. The number of amides is 1. The molecule has 0 aliphatic rings. The molecule has 7 nitrogen and oxygen atoms in total. The number of hydrogen-bond acceptors (Lipinski definition) is 4. The molecular formula is C20H21N3O4. The molecule has 2 aromatic carbocycles. The lowest BCUT2D eigenvalue weighted by atomic mass is 10.2. The maximum absolute atomic E-state index is 12.4. The summed E-state index contributed by atoms with van der Waals surface area (Å²) in [7, 11) is 1.70. The predicted molar refractivity (Wildman–Crippen MR) is 103 cm³/mol. The normalized spacial score (nSPS) is 10.7. The summed E-state index contributed by atoms with van der Waals surface area (Å²) in [6, 6.07) is 16.2. The van der Waals surface area contributed by atoms with E-state index < -0.39 is 11.2 Å². The van der Waals surface area contributed by atoms with Crippen LogP contribution in [0.1, 0.15) is 6.42 Å². The average Bonchev–Trinajstić information content (AvgIpc) is 2.68. The van der Waals surface area contributed by atoms with Gasteiger partial charge in [0.25, 0.3) is 5.56 Å². The third-order valence-electron chi connectivity index (χ3n) is 4.32. The van der Waals surface area contributed by atoms with E-state index in [0.29, 0.717) is 24.1 Å². The molecule has 0 saturated carbocycles. The van der Waals surface area contributed by atoms with E-state index in [4.69, 9.17) is 4.74 Å². The summed E-state index contributed by atoms with van der Waals surface area (Å²) in [4.78, 5) is 40.2. The molecule has 1 aromatic heterocycles. The Morgan fingerprint density at radius 3 is 2.56 bits per heavy atom. The van der Waals surface area contributed by atoms with Gasteiger partial charge in [-0.2, -0.15) is 0 Å². The summed E-state index contributed by atoms with van der Waals surface area (Å²) in [6.07, 6.45) is 0.151. The van der Waals surface area contributed by atoms with Gasteiger partial charge in [0, 0.05) is 20.0 Å². The lowest BCUT2D eigenvalue weighted by Gasteiger charge is -2.18. The second kappa shape index (κ2) is 8.35. The number of aromatic amines is 1. The van der Waals surface area contributed by atoms with Gasteiger partial charge >= 0.3 is 5.69 Å². The molecule has 0 aliphatic carbocycles. The van der Waals surface area contributed by atoms with E-state index in [1.807, 2.05) is 30.3 Å². The fourth-order valence-corrected chi connectivity index (χ4v) is 2.80. The van der Waals surface area contributed by atoms with Gasteiger partial charge in [0.1, 0.15) is 12.4 Å². The maximum Gasteiger partial charge on any atom is 0.328 e. The highest BCUT2D eigenvalue weighted by Crippen LogP contribution is 2.09. The van der Waals surface area contributed by atoms with E-state index in [-0.39, 0.29) is 18.9 Å². The van der Waals surface area contributed by atoms with Crippen molar-refractivity contribution in [3.8, 4) is 5.75 Å². The number of rotatable bonds is 7. The van der Waals surface area contributed by atoms with Crippen molar-refractivity contribution < 1.29 is 9.53 Å².